The predicted octanol–water partition coefficient (Wildman–Crippen LogP) is 4.98. The first kappa shape index (κ1) is 16.1. The first-order chi connectivity index (χ1) is 11.2. The zero-order valence-electron chi connectivity index (χ0n) is 12.5. The minimum absolute atomic E-state index is 0.543. The maximum atomic E-state index is 5.66. The fourth-order valence-corrected chi connectivity index (χ4v) is 2.74. The molecule has 2 aromatic carbocycles. The summed E-state index contributed by atoms with van der Waals surface area (Å²) in [7, 11) is 0. The number of hydrogen-bond acceptors (Lipinski definition) is 5. The van der Waals surface area contributed by atoms with Crippen LogP contribution in [-0.2, 0) is 0 Å². The van der Waals surface area contributed by atoms with Crippen LogP contribution in [0.4, 0.5) is 0 Å². The molecule has 0 aliphatic carbocycles. The largest absolute Gasteiger partial charge is 0.493 e. The Balaban J connectivity index is 1.49. The number of nitrogens with zero attached hydrogens (tertiary/aromatic N) is 2. The monoisotopic (exact) mass is 390 g/mol. The lowest BCUT2D eigenvalue weighted by Gasteiger charge is -2.04. The van der Waals surface area contributed by atoms with Gasteiger partial charge in [-0.05, 0) is 43.3 Å². The van der Waals surface area contributed by atoms with Crippen molar-refractivity contribution < 1.29 is 9.15 Å². The molecule has 3 aromatic rings. The summed E-state index contributed by atoms with van der Waals surface area (Å²) >= 11 is 4.88. The molecular weight excluding hydrogens is 376 g/mol. The second-order valence-electron chi connectivity index (χ2n) is 4.89. The number of halogens is 1. The van der Waals surface area contributed by atoms with E-state index in [1.165, 1.54) is 17.3 Å². The number of thioether (sulfide) groups is 1. The Kier molecular flexibility index (Phi) is 5.35. The van der Waals surface area contributed by atoms with Gasteiger partial charge in [0.1, 0.15) is 5.75 Å². The summed E-state index contributed by atoms with van der Waals surface area (Å²) in [5, 5.41) is 8.69. The molecule has 1 aromatic heterocycles. The van der Waals surface area contributed by atoms with Crippen molar-refractivity contribution in [3.05, 3.63) is 58.6 Å². The normalized spacial score (nSPS) is 10.7. The number of aromatic nitrogens is 2. The molecule has 3 rings (SSSR count). The van der Waals surface area contributed by atoms with Crippen LogP contribution in [0.2, 0.25) is 0 Å². The Morgan fingerprint density at radius 2 is 1.78 bits per heavy atom. The van der Waals surface area contributed by atoms with Crippen LogP contribution in [-0.4, -0.2) is 22.6 Å². The van der Waals surface area contributed by atoms with Gasteiger partial charge in [-0.15, -0.1) is 10.2 Å². The first-order valence-corrected chi connectivity index (χ1v) is 8.90. The van der Waals surface area contributed by atoms with E-state index in [4.69, 9.17) is 9.15 Å². The molecule has 0 saturated carbocycles. The van der Waals surface area contributed by atoms with Crippen molar-refractivity contribution in [2.45, 2.75) is 12.1 Å². The van der Waals surface area contributed by atoms with Crippen LogP contribution in [0.15, 0.2) is 62.6 Å². The molecule has 0 fully saturated rings. The Hall–Kier alpha value is -1.79. The van der Waals surface area contributed by atoms with E-state index in [0.717, 1.165) is 21.5 Å². The van der Waals surface area contributed by atoms with Gasteiger partial charge in [0.2, 0.25) is 5.89 Å². The summed E-state index contributed by atoms with van der Waals surface area (Å²) in [6, 6.07) is 15.8. The third-order valence-corrected chi connectivity index (χ3v) is 4.41. The minimum atomic E-state index is 0.543. The average molecular weight is 391 g/mol. The number of benzene rings is 2. The molecule has 0 bridgehead atoms. The first-order valence-electron chi connectivity index (χ1n) is 7.12. The van der Waals surface area contributed by atoms with E-state index in [-0.39, 0.29) is 0 Å². The second kappa shape index (κ2) is 7.66. The van der Waals surface area contributed by atoms with Crippen LogP contribution < -0.4 is 4.74 Å². The highest BCUT2D eigenvalue weighted by atomic mass is 79.9. The van der Waals surface area contributed by atoms with Crippen LogP contribution in [0.25, 0.3) is 11.5 Å². The zero-order valence-corrected chi connectivity index (χ0v) is 14.9. The van der Waals surface area contributed by atoms with E-state index in [2.05, 4.69) is 26.1 Å². The van der Waals surface area contributed by atoms with Crippen molar-refractivity contribution in [2.75, 3.05) is 12.4 Å². The highest BCUT2D eigenvalue weighted by Crippen LogP contribution is 2.23. The number of ether oxygens (including phenoxy) is 1. The van der Waals surface area contributed by atoms with Crippen molar-refractivity contribution in [3.8, 4) is 17.2 Å². The van der Waals surface area contributed by atoms with Gasteiger partial charge in [0.25, 0.3) is 5.22 Å². The topological polar surface area (TPSA) is 48.2 Å². The molecule has 6 heteroatoms. The van der Waals surface area contributed by atoms with E-state index < -0.39 is 0 Å². The Labute approximate surface area is 147 Å². The van der Waals surface area contributed by atoms with Crippen LogP contribution in [0.5, 0.6) is 5.75 Å². The molecule has 0 N–H and O–H groups in total. The van der Waals surface area contributed by atoms with Crippen molar-refractivity contribution in [3.63, 3.8) is 0 Å². The quantitative estimate of drug-likeness (QED) is 0.438. The lowest BCUT2D eigenvalue weighted by molar-refractivity contribution is 0.343. The predicted molar refractivity (Wildman–Crippen MR) is 94.8 cm³/mol. The van der Waals surface area contributed by atoms with Crippen LogP contribution in [0.3, 0.4) is 0 Å². The van der Waals surface area contributed by atoms with E-state index in [1.807, 2.05) is 55.5 Å². The molecule has 0 spiro atoms. The number of aryl methyl sites for hydroxylation is 1. The number of hydrogen-bond donors (Lipinski definition) is 0. The summed E-state index contributed by atoms with van der Waals surface area (Å²) in [5.41, 5.74) is 2.13. The van der Waals surface area contributed by atoms with E-state index in [9.17, 15) is 0 Å². The molecule has 0 aliphatic rings. The summed E-state index contributed by atoms with van der Waals surface area (Å²) in [6.45, 7) is 2.62. The standard InChI is InChI=1S/C17H15BrN2O2S/c1-12-2-4-13(5-3-12)16-19-20-17(22-16)23-11-10-21-15-8-6-14(18)7-9-15/h2-9H,10-11H2,1H3. The fourth-order valence-electron chi connectivity index (χ4n) is 1.90. The molecule has 0 atom stereocenters. The van der Waals surface area contributed by atoms with E-state index >= 15 is 0 Å². The summed E-state index contributed by atoms with van der Waals surface area (Å²) in [6.07, 6.45) is 0. The van der Waals surface area contributed by atoms with Gasteiger partial charge in [0.05, 0.1) is 6.61 Å². The molecule has 23 heavy (non-hydrogen) atoms. The Morgan fingerprint density at radius 3 is 2.52 bits per heavy atom. The highest BCUT2D eigenvalue weighted by Gasteiger charge is 2.08. The molecule has 0 unspecified atom stereocenters. The minimum Gasteiger partial charge on any atom is -0.493 e. The number of rotatable bonds is 6. The molecule has 0 saturated heterocycles. The maximum Gasteiger partial charge on any atom is 0.276 e. The van der Waals surface area contributed by atoms with Gasteiger partial charge in [-0.25, -0.2) is 0 Å². The van der Waals surface area contributed by atoms with Gasteiger partial charge in [0, 0.05) is 15.8 Å². The molecule has 1 heterocycles. The third-order valence-electron chi connectivity index (χ3n) is 3.10. The van der Waals surface area contributed by atoms with Gasteiger partial charge >= 0.3 is 0 Å². The Bertz CT molecular complexity index is 757. The van der Waals surface area contributed by atoms with Crippen molar-refractivity contribution in [2.24, 2.45) is 0 Å². The van der Waals surface area contributed by atoms with E-state index in [1.54, 1.807) is 0 Å². The SMILES string of the molecule is Cc1ccc(-c2nnc(SCCOc3ccc(Br)cc3)o2)cc1. The lowest BCUT2D eigenvalue weighted by atomic mass is 10.1. The third kappa shape index (κ3) is 4.59. The average Bonchev–Trinajstić information content (AvgIpc) is 3.03. The van der Waals surface area contributed by atoms with Gasteiger partial charge < -0.3 is 9.15 Å². The fraction of sp³-hybridized carbons (Fsp3) is 0.176. The van der Waals surface area contributed by atoms with E-state index in [0.29, 0.717) is 17.7 Å². The second-order valence-corrected chi connectivity index (χ2v) is 6.85. The summed E-state index contributed by atoms with van der Waals surface area (Å²) in [5.74, 6) is 2.13. The maximum absolute atomic E-state index is 5.66. The van der Waals surface area contributed by atoms with Gasteiger partial charge in [-0.2, -0.15) is 0 Å². The van der Waals surface area contributed by atoms with Crippen LogP contribution in [0, 0.1) is 6.92 Å². The molecule has 0 amide bonds. The van der Waals surface area contributed by atoms with Crippen molar-refractivity contribution in [1.29, 1.82) is 0 Å². The van der Waals surface area contributed by atoms with Crippen LogP contribution >= 0.6 is 27.7 Å². The molecule has 4 nitrogen and oxygen atoms in total. The molecular formula is C17H15BrN2O2S. The highest BCUT2D eigenvalue weighted by molar-refractivity contribution is 9.10. The lowest BCUT2D eigenvalue weighted by Crippen LogP contribution is -1.99. The Morgan fingerprint density at radius 1 is 1.04 bits per heavy atom. The van der Waals surface area contributed by atoms with Gasteiger partial charge in [-0.1, -0.05) is 45.4 Å². The smallest absolute Gasteiger partial charge is 0.276 e. The molecule has 0 aliphatic heterocycles. The van der Waals surface area contributed by atoms with Crippen molar-refractivity contribution in [1.82, 2.24) is 10.2 Å². The summed E-state index contributed by atoms with van der Waals surface area (Å²) in [4.78, 5) is 0. The van der Waals surface area contributed by atoms with Crippen LogP contribution in [0.1, 0.15) is 5.56 Å². The molecule has 0 radical (unpaired) electrons. The van der Waals surface area contributed by atoms with Crippen molar-refractivity contribution >= 4 is 27.7 Å². The molecule has 118 valence electrons. The van der Waals surface area contributed by atoms with Gasteiger partial charge in [0.15, 0.2) is 0 Å². The van der Waals surface area contributed by atoms with Gasteiger partial charge in [-0.3, -0.25) is 0 Å². The summed E-state index contributed by atoms with van der Waals surface area (Å²) < 4.78 is 12.3. The zero-order chi connectivity index (χ0) is 16.1.